The van der Waals surface area contributed by atoms with E-state index in [1.54, 1.807) is 6.92 Å². The van der Waals surface area contributed by atoms with Crippen LogP contribution in [0.15, 0.2) is 0 Å². The van der Waals surface area contributed by atoms with Gasteiger partial charge in [0.2, 0.25) is 11.9 Å². The first-order valence-electron chi connectivity index (χ1n) is 5.70. The Bertz CT molecular complexity index is 391. The minimum absolute atomic E-state index is 0.0658. The minimum Gasteiger partial charge on any atom is -0.480 e. The molecule has 0 aliphatic heterocycles. The lowest BCUT2D eigenvalue weighted by Crippen LogP contribution is -2.30. The Kier molecular flexibility index (Phi) is 5.25. The fourth-order valence-electron chi connectivity index (χ4n) is 1.47. The summed E-state index contributed by atoms with van der Waals surface area (Å²) in [6, 6.07) is -0.752. The molecule has 100 valence electrons. The highest BCUT2D eigenvalue weighted by atomic mass is 16.4. The molecule has 0 unspecified atom stereocenters. The Morgan fingerprint density at radius 2 is 2.11 bits per heavy atom. The van der Waals surface area contributed by atoms with E-state index in [4.69, 9.17) is 16.6 Å². The van der Waals surface area contributed by atoms with E-state index in [0.29, 0.717) is 18.8 Å². The van der Waals surface area contributed by atoms with Crippen LogP contribution < -0.4 is 16.8 Å². The van der Waals surface area contributed by atoms with Gasteiger partial charge in [-0.3, -0.25) is 0 Å². The molecule has 0 radical (unpaired) electrons. The minimum atomic E-state index is -0.955. The number of aliphatic carboxylic acids is 1. The maximum absolute atomic E-state index is 11.1. The summed E-state index contributed by atoms with van der Waals surface area (Å²) >= 11 is 0. The van der Waals surface area contributed by atoms with Gasteiger partial charge in [0.1, 0.15) is 11.9 Å². The van der Waals surface area contributed by atoms with Gasteiger partial charge < -0.3 is 21.9 Å². The van der Waals surface area contributed by atoms with Crippen molar-refractivity contribution < 1.29 is 9.90 Å². The third kappa shape index (κ3) is 4.50. The maximum Gasteiger partial charge on any atom is 0.326 e. The summed E-state index contributed by atoms with van der Waals surface area (Å²) in [7, 11) is 0. The number of nitrogens with two attached hydrogens (primary N) is 2. The molecule has 8 heteroatoms. The van der Waals surface area contributed by atoms with Crippen molar-refractivity contribution in [3.8, 4) is 0 Å². The molecule has 18 heavy (non-hydrogen) atoms. The number of rotatable bonds is 7. The Labute approximate surface area is 105 Å². The van der Waals surface area contributed by atoms with Gasteiger partial charge in [-0.05, 0) is 32.7 Å². The molecule has 8 nitrogen and oxygen atoms in total. The van der Waals surface area contributed by atoms with E-state index in [1.807, 2.05) is 0 Å². The molecule has 0 bridgehead atoms. The van der Waals surface area contributed by atoms with E-state index >= 15 is 0 Å². The molecular weight excluding hydrogens is 236 g/mol. The second-order valence-electron chi connectivity index (χ2n) is 3.88. The highest BCUT2D eigenvalue weighted by Gasteiger charge is 2.18. The van der Waals surface area contributed by atoms with Gasteiger partial charge in [0.25, 0.3) is 0 Å². The average Bonchev–Trinajstić information content (AvgIpc) is 2.26. The number of unbranched alkanes of at least 4 members (excludes halogenated alkanes) is 1. The van der Waals surface area contributed by atoms with Crippen LogP contribution in [0.3, 0.4) is 0 Å². The first kappa shape index (κ1) is 14.1. The van der Waals surface area contributed by atoms with Crippen molar-refractivity contribution in [2.45, 2.75) is 32.2 Å². The highest BCUT2D eigenvalue weighted by molar-refractivity contribution is 5.76. The fraction of sp³-hybridized carbons (Fsp3) is 0.600. The third-order valence-corrected chi connectivity index (χ3v) is 2.31. The van der Waals surface area contributed by atoms with E-state index in [-0.39, 0.29) is 11.9 Å². The number of anilines is 2. The first-order chi connectivity index (χ1) is 8.52. The number of carboxylic acids is 1. The molecule has 0 saturated heterocycles. The van der Waals surface area contributed by atoms with Crippen LogP contribution in [0.1, 0.15) is 25.1 Å². The van der Waals surface area contributed by atoms with Crippen LogP contribution in [0.2, 0.25) is 0 Å². The van der Waals surface area contributed by atoms with Gasteiger partial charge in [0, 0.05) is 0 Å². The van der Waals surface area contributed by atoms with Crippen LogP contribution >= 0.6 is 0 Å². The summed E-state index contributed by atoms with van der Waals surface area (Å²) in [4.78, 5) is 22.7. The number of hydrogen-bond acceptors (Lipinski definition) is 7. The lowest BCUT2D eigenvalue weighted by atomic mass is 10.1. The third-order valence-electron chi connectivity index (χ3n) is 2.31. The number of nitrogen functional groups attached to an aromatic ring is 1. The predicted molar refractivity (Wildman–Crippen MR) is 66.9 cm³/mol. The van der Waals surface area contributed by atoms with Crippen molar-refractivity contribution in [1.29, 1.82) is 0 Å². The fourth-order valence-corrected chi connectivity index (χ4v) is 1.47. The Balaban J connectivity index is 2.67. The number of aryl methyl sites for hydroxylation is 1. The van der Waals surface area contributed by atoms with E-state index < -0.39 is 12.0 Å². The monoisotopic (exact) mass is 254 g/mol. The van der Waals surface area contributed by atoms with Crippen LogP contribution in [-0.4, -0.2) is 38.6 Å². The van der Waals surface area contributed by atoms with E-state index in [9.17, 15) is 4.79 Å². The second-order valence-corrected chi connectivity index (χ2v) is 3.88. The van der Waals surface area contributed by atoms with Gasteiger partial charge in [0.05, 0.1) is 0 Å². The van der Waals surface area contributed by atoms with Gasteiger partial charge in [-0.2, -0.15) is 15.0 Å². The van der Waals surface area contributed by atoms with Crippen LogP contribution in [0.25, 0.3) is 0 Å². The molecule has 0 aliphatic rings. The molecule has 1 aromatic rings. The number of nitrogens with one attached hydrogen (secondary N) is 1. The number of carboxylic acid groups (broad SMARTS) is 1. The van der Waals surface area contributed by atoms with E-state index in [2.05, 4.69) is 20.3 Å². The molecular formula is C10H18N6O2. The van der Waals surface area contributed by atoms with Gasteiger partial charge in [0.15, 0.2) is 0 Å². The van der Waals surface area contributed by atoms with Crippen molar-refractivity contribution in [3.05, 3.63) is 5.82 Å². The molecule has 1 heterocycles. The van der Waals surface area contributed by atoms with Gasteiger partial charge >= 0.3 is 5.97 Å². The number of nitrogens with zero attached hydrogens (tertiary/aromatic N) is 3. The average molecular weight is 254 g/mol. The summed E-state index contributed by atoms with van der Waals surface area (Å²) in [5, 5.41) is 11.8. The molecule has 0 fully saturated rings. The second kappa shape index (κ2) is 6.70. The van der Waals surface area contributed by atoms with Crippen molar-refractivity contribution in [3.63, 3.8) is 0 Å². The smallest absolute Gasteiger partial charge is 0.326 e. The summed E-state index contributed by atoms with van der Waals surface area (Å²) < 4.78 is 0. The molecule has 1 rings (SSSR count). The highest BCUT2D eigenvalue weighted by Crippen LogP contribution is 2.08. The molecule has 0 aliphatic carbocycles. The van der Waals surface area contributed by atoms with Crippen molar-refractivity contribution in [2.24, 2.45) is 5.73 Å². The van der Waals surface area contributed by atoms with Crippen LogP contribution in [0, 0.1) is 6.92 Å². The molecule has 6 N–H and O–H groups in total. The summed E-state index contributed by atoms with van der Waals surface area (Å²) in [5.74, 6) is -0.268. The van der Waals surface area contributed by atoms with Crippen molar-refractivity contribution in [2.75, 3.05) is 17.6 Å². The number of carbonyl (C=O) groups is 1. The molecule has 0 spiro atoms. The topological polar surface area (TPSA) is 140 Å². The van der Waals surface area contributed by atoms with Gasteiger partial charge in [-0.1, -0.05) is 0 Å². The molecule has 0 amide bonds. The van der Waals surface area contributed by atoms with Gasteiger partial charge in [-0.15, -0.1) is 0 Å². The lowest BCUT2D eigenvalue weighted by molar-refractivity contribution is -0.138. The standard InChI is InChI=1S/C10H18N6O2/c1-6-13-9(12)16-10(14-6)15-7(8(17)18)4-2-3-5-11/h7H,2-5,11H2,1H3,(H,17,18)(H3,12,13,14,15,16)/t7-/m0/s1. The van der Waals surface area contributed by atoms with Crippen LogP contribution in [0.5, 0.6) is 0 Å². The predicted octanol–water partition coefficient (Wildman–Crippen LogP) is -0.244. The lowest BCUT2D eigenvalue weighted by Gasteiger charge is -2.14. The van der Waals surface area contributed by atoms with Gasteiger partial charge in [-0.25, -0.2) is 4.79 Å². The quantitative estimate of drug-likeness (QED) is 0.488. The first-order valence-corrected chi connectivity index (χ1v) is 5.70. The molecule has 0 aromatic carbocycles. The molecule has 1 aromatic heterocycles. The Morgan fingerprint density at radius 3 is 2.67 bits per heavy atom. The summed E-state index contributed by atoms with van der Waals surface area (Å²) in [5.41, 5.74) is 10.8. The van der Waals surface area contributed by atoms with Crippen LogP contribution in [0.4, 0.5) is 11.9 Å². The number of hydrogen-bond donors (Lipinski definition) is 4. The molecule has 1 atom stereocenters. The van der Waals surface area contributed by atoms with Crippen molar-refractivity contribution >= 4 is 17.9 Å². The molecule has 0 saturated carbocycles. The largest absolute Gasteiger partial charge is 0.480 e. The van der Waals surface area contributed by atoms with Crippen molar-refractivity contribution in [1.82, 2.24) is 15.0 Å². The zero-order chi connectivity index (χ0) is 13.5. The SMILES string of the molecule is Cc1nc(N)nc(N[C@@H](CCCCN)C(=O)O)n1. The zero-order valence-electron chi connectivity index (χ0n) is 10.3. The Morgan fingerprint density at radius 1 is 1.39 bits per heavy atom. The summed E-state index contributed by atoms with van der Waals surface area (Å²) in [6.07, 6.45) is 1.96. The summed E-state index contributed by atoms with van der Waals surface area (Å²) in [6.45, 7) is 2.21. The zero-order valence-corrected chi connectivity index (χ0v) is 10.3. The number of aromatic nitrogens is 3. The maximum atomic E-state index is 11.1. The van der Waals surface area contributed by atoms with E-state index in [1.165, 1.54) is 0 Å². The van der Waals surface area contributed by atoms with E-state index in [0.717, 1.165) is 12.8 Å². The Hall–Kier alpha value is -1.96. The van der Waals surface area contributed by atoms with Crippen LogP contribution in [-0.2, 0) is 4.79 Å². The normalized spacial score (nSPS) is 12.1.